The van der Waals surface area contributed by atoms with Crippen LogP contribution in [0.2, 0.25) is 0 Å². The molecule has 1 amide bonds. The van der Waals surface area contributed by atoms with Crippen LogP contribution < -0.4 is 0 Å². The number of carbonyl (C=O) groups excluding carboxylic acids is 1. The van der Waals surface area contributed by atoms with Crippen LogP contribution in [0.1, 0.15) is 18.4 Å². The van der Waals surface area contributed by atoms with Gasteiger partial charge in [-0.15, -0.1) is 10.2 Å². The van der Waals surface area contributed by atoms with E-state index in [9.17, 15) is 13.2 Å². The number of aromatic nitrogens is 3. The van der Waals surface area contributed by atoms with Crippen LogP contribution in [0.15, 0.2) is 29.4 Å². The smallest absolute Gasteiger partial charge is 0.250 e. The molecule has 0 spiro atoms. The summed E-state index contributed by atoms with van der Waals surface area (Å²) in [5.41, 5.74) is 1.79. The molecule has 128 valence electrons. The van der Waals surface area contributed by atoms with Crippen molar-refractivity contribution in [2.75, 3.05) is 12.8 Å². The topological polar surface area (TPSA) is 85.2 Å². The van der Waals surface area contributed by atoms with Crippen molar-refractivity contribution in [2.45, 2.75) is 31.0 Å². The molecule has 1 aliphatic carbocycles. The van der Waals surface area contributed by atoms with Crippen molar-refractivity contribution < 1.29 is 13.2 Å². The van der Waals surface area contributed by atoms with Crippen molar-refractivity contribution in [3.05, 3.63) is 29.8 Å². The van der Waals surface area contributed by atoms with E-state index in [1.54, 1.807) is 14.1 Å². The van der Waals surface area contributed by atoms with E-state index in [0.29, 0.717) is 5.82 Å². The SMILES string of the molecule is Cc1ccccc1-c1nnc(S(=O)(=O)CC(=O)N(C)C2CC2)n1C. The lowest BCUT2D eigenvalue weighted by atomic mass is 10.1. The molecule has 1 aromatic carbocycles. The van der Waals surface area contributed by atoms with Crippen LogP contribution >= 0.6 is 0 Å². The Bertz CT molecular complexity index is 884. The highest BCUT2D eigenvalue weighted by Crippen LogP contribution is 2.26. The summed E-state index contributed by atoms with van der Waals surface area (Å²) in [6, 6.07) is 7.72. The maximum absolute atomic E-state index is 12.6. The van der Waals surface area contributed by atoms with Crippen LogP contribution in [0, 0.1) is 6.92 Å². The minimum Gasteiger partial charge on any atom is -0.342 e. The van der Waals surface area contributed by atoms with E-state index >= 15 is 0 Å². The fourth-order valence-corrected chi connectivity index (χ4v) is 3.97. The molecular weight excluding hydrogens is 328 g/mol. The number of hydrogen-bond donors (Lipinski definition) is 0. The number of aryl methyl sites for hydroxylation is 1. The fraction of sp³-hybridized carbons (Fsp3) is 0.438. The molecule has 2 aromatic rings. The van der Waals surface area contributed by atoms with Gasteiger partial charge in [0.2, 0.25) is 20.9 Å². The highest BCUT2D eigenvalue weighted by atomic mass is 32.2. The highest BCUT2D eigenvalue weighted by molar-refractivity contribution is 7.91. The number of carbonyl (C=O) groups is 1. The van der Waals surface area contributed by atoms with Crippen LogP contribution in [0.3, 0.4) is 0 Å². The number of hydrogen-bond acceptors (Lipinski definition) is 5. The van der Waals surface area contributed by atoms with E-state index in [1.807, 2.05) is 31.2 Å². The van der Waals surface area contributed by atoms with Crippen molar-refractivity contribution >= 4 is 15.7 Å². The summed E-state index contributed by atoms with van der Waals surface area (Å²) in [5.74, 6) is -0.521. The van der Waals surface area contributed by atoms with Gasteiger partial charge in [0.15, 0.2) is 5.82 Å². The third-order valence-electron chi connectivity index (χ3n) is 4.30. The van der Waals surface area contributed by atoms with Crippen molar-refractivity contribution in [2.24, 2.45) is 7.05 Å². The molecule has 7 nitrogen and oxygen atoms in total. The van der Waals surface area contributed by atoms with Gasteiger partial charge in [-0.25, -0.2) is 8.42 Å². The zero-order valence-corrected chi connectivity index (χ0v) is 14.7. The van der Waals surface area contributed by atoms with Crippen molar-refractivity contribution in [3.8, 4) is 11.4 Å². The van der Waals surface area contributed by atoms with E-state index in [-0.39, 0.29) is 11.2 Å². The minimum absolute atomic E-state index is 0.176. The predicted molar refractivity (Wildman–Crippen MR) is 89.0 cm³/mol. The van der Waals surface area contributed by atoms with Gasteiger partial charge in [-0.1, -0.05) is 24.3 Å². The second-order valence-corrected chi connectivity index (χ2v) is 8.06. The molecule has 1 aliphatic rings. The van der Waals surface area contributed by atoms with E-state index < -0.39 is 21.5 Å². The van der Waals surface area contributed by atoms with Gasteiger partial charge >= 0.3 is 0 Å². The van der Waals surface area contributed by atoms with Gasteiger partial charge in [-0.2, -0.15) is 0 Å². The Morgan fingerprint density at radius 2 is 1.96 bits per heavy atom. The normalized spacial score (nSPS) is 14.6. The van der Waals surface area contributed by atoms with Gasteiger partial charge in [0.1, 0.15) is 5.75 Å². The highest BCUT2D eigenvalue weighted by Gasteiger charge is 2.34. The van der Waals surface area contributed by atoms with Crippen LogP contribution in [-0.2, 0) is 21.7 Å². The van der Waals surface area contributed by atoms with Crippen molar-refractivity contribution in [3.63, 3.8) is 0 Å². The molecular formula is C16H20N4O3S. The summed E-state index contributed by atoms with van der Waals surface area (Å²) in [7, 11) is -0.598. The first-order valence-corrected chi connectivity index (χ1v) is 9.40. The Morgan fingerprint density at radius 1 is 1.29 bits per heavy atom. The second-order valence-electron chi connectivity index (χ2n) is 6.18. The number of benzene rings is 1. The van der Waals surface area contributed by atoms with Gasteiger partial charge in [0.05, 0.1) is 0 Å². The number of sulfone groups is 1. The lowest BCUT2D eigenvalue weighted by Crippen LogP contribution is -2.34. The van der Waals surface area contributed by atoms with E-state index in [0.717, 1.165) is 24.0 Å². The molecule has 0 aliphatic heterocycles. The molecule has 0 saturated heterocycles. The Hall–Kier alpha value is -2.22. The molecule has 1 heterocycles. The van der Waals surface area contributed by atoms with Gasteiger partial charge < -0.3 is 9.47 Å². The standard InChI is InChI=1S/C16H20N4O3S/c1-11-6-4-5-7-13(11)15-17-18-16(20(15)3)24(22,23)10-14(21)19(2)12-8-9-12/h4-7,12H,8-10H2,1-3H3. The zero-order valence-electron chi connectivity index (χ0n) is 13.9. The van der Waals surface area contributed by atoms with E-state index in [1.165, 1.54) is 9.47 Å². The number of amides is 1. The van der Waals surface area contributed by atoms with E-state index in [2.05, 4.69) is 10.2 Å². The maximum atomic E-state index is 12.6. The summed E-state index contributed by atoms with van der Waals surface area (Å²) in [6.07, 6.45) is 1.87. The van der Waals surface area contributed by atoms with Crippen LogP contribution in [0.4, 0.5) is 0 Å². The Morgan fingerprint density at radius 3 is 2.58 bits per heavy atom. The zero-order chi connectivity index (χ0) is 17.5. The summed E-state index contributed by atoms with van der Waals surface area (Å²) in [4.78, 5) is 13.7. The molecule has 0 radical (unpaired) electrons. The molecule has 8 heteroatoms. The largest absolute Gasteiger partial charge is 0.342 e. The van der Waals surface area contributed by atoms with Gasteiger partial charge in [-0.3, -0.25) is 4.79 Å². The Balaban J connectivity index is 1.89. The second kappa shape index (κ2) is 6.01. The van der Waals surface area contributed by atoms with Crippen molar-refractivity contribution in [1.82, 2.24) is 19.7 Å². The summed E-state index contributed by atoms with van der Waals surface area (Å²) in [6.45, 7) is 1.92. The molecule has 0 bridgehead atoms. The first kappa shape index (κ1) is 16.6. The molecule has 1 saturated carbocycles. The number of rotatable bonds is 5. The van der Waals surface area contributed by atoms with E-state index in [4.69, 9.17) is 0 Å². The molecule has 0 N–H and O–H groups in total. The van der Waals surface area contributed by atoms with Crippen LogP contribution in [-0.4, -0.2) is 52.8 Å². The summed E-state index contributed by atoms with van der Waals surface area (Å²) >= 11 is 0. The van der Waals surface area contributed by atoms with Crippen molar-refractivity contribution in [1.29, 1.82) is 0 Å². The Kier molecular flexibility index (Phi) is 4.16. The van der Waals surface area contributed by atoms with Crippen LogP contribution in [0.25, 0.3) is 11.4 Å². The third-order valence-corrected chi connectivity index (χ3v) is 5.84. The lowest BCUT2D eigenvalue weighted by molar-refractivity contribution is -0.127. The fourth-order valence-electron chi connectivity index (χ4n) is 2.64. The molecule has 1 fully saturated rings. The molecule has 0 unspecified atom stereocenters. The first-order chi connectivity index (χ1) is 11.3. The van der Waals surface area contributed by atoms with Gasteiger partial charge in [0.25, 0.3) is 0 Å². The quantitative estimate of drug-likeness (QED) is 0.810. The molecule has 1 aromatic heterocycles. The maximum Gasteiger partial charge on any atom is 0.250 e. The minimum atomic E-state index is -3.84. The summed E-state index contributed by atoms with van der Waals surface area (Å²) in [5, 5.41) is 7.67. The molecule has 0 atom stereocenters. The van der Waals surface area contributed by atoms with Gasteiger partial charge in [-0.05, 0) is 25.3 Å². The predicted octanol–water partition coefficient (Wildman–Crippen LogP) is 1.19. The molecule has 24 heavy (non-hydrogen) atoms. The average molecular weight is 348 g/mol. The third kappa shape index (κ3) is 3.06. The molecule has 3 rings (SSSR count). The Labute approximate surface area is 141 Å². The van der Waals surface area contributed by atoms with Crippen LogP contribution in [0.5, 0.6) is 0 Å². The summed E-state index contributed by atoms with van der Waals surface area (Å²) < 4.78 is 26.6. The number of nitrogens with zero attached hydrogens (tertiary/aromatic N) is 4. The first-order valence-electron chi connectivity index (χ1n) is 7.75. The lowest BCUT2D eigenvalue weighted by Gasteiger charge is -2.15. The monoisotopic (exact) mass is 348 g/mol. The van der Waals surface area contributed by atoms with Gasteiger partial charge in [0, 0.05) is 25.7 Å². The average Bonchev–Trinajstić information content (AvgIpc) is 3.29.